The highest BCUT2D eigenvalue weighted by Gasteiger charge is 2.38. The Morgan fingerprint density at radius 2 is 2.11 bits per heavy atom. The first-order valence-electron chi connectivity index (χ1n) is 9.07. The SMILES string of the molecule is CO.Cc1cc(-c2ncn[nH]2)ccc1-c1cnc2c(n1)N1CCC[C@H]1C(=O)N2. The smallest absolute Gasteiger partial charge is 0.248 e. The third-order valence-electron chi connectivity index (χ3n) is 5.01. The molecule has 2 aromatic heterocycles. The quantitative estimate of drug-likeness (QED) is 0.620. The van der Waals surface area contributed by atoms with E-state index in [-0.39, 0.29) is 11.9 Å². The summed E-state index contributed by atoms with van der Waals surface area (Å²) in [6.45, 7) is 2.88. The summed E-state index contributed by atoms with van der Waals surface area (Å²) in [7, 11) is 1.00. The molecule has 0 radical (unpaired) electrons. The van der Waals surface area contributed by atoms with Crippen LogP contribution >= 0.6 is 0 Å². The molecule has 0 bridgehead atoms. The van der Waals surface area contributed by atoms with Gasteiger partial charge in [0, 0.05) is 24.8 Å². The summed E-state index contributed by atoms with van der Waals surface area (Å²) in [5.74, 6) is 2.07. The van der Waals surface area contributed by atoms with Crippen molar-refractivity contribution in [2.24, 2.45) is 0 Å². The fourth-order valence-electron chi connectivity index (χ4n) is 3.73. The van der Waals surface area contributed by atoms with Crippen molar-refractivity contribution in [2.45, 2.75) is 25.8 Å². The van der Waals surface area contributed by atoms with Gasteiger partial charge >= 0.3 is 0 Å². The molecule has 9 nitrogen and oxygen atoms in total. The fourth-order valence-corrected chi connectivity index (χ4v) is 3.73. The molecule has 9 heteroatoms. The van der Waals surface area contributed by atoms with Crippen molar-refractivity contribution in [3.63, 3.8) is 0 Å². The van der Waals surface area contributed by atoms with E-state index in [0.717, 1.165) is 60.5 Å². The minimum Gasteiger partial charge on any atom is -0.400 e. The molecule has 2 aliphatic heterocycles. The van der Waals surface area contributed by atoms with E-state index in [1.165, 1.54) is 6.33 Å². The number of H-pyrrole nitrogens is 1. The maximum Gasteiger partial charge on any atom is 0.248 e. The Hall–Kier alpha value is -3.33. The summed E-state index contributed by atoms with van der Waals surface area (Å²) >= 11 is 0. The summed E-state index contributed by atoms with van der Waals surface area (Å²) in [5, 5.41) is 16.6. The van der Waals surface area contributed by atoms with Crippen molar-refractivity contribution in [1.29, 1.82) is 0 Å². The molecule has 0 aliphatic carbocycles. The van der Waals surface area contributed by atoms with E-state index in [9.17, 15) is 4.79 Å². The third-order valence-corrected chi connectivity index (χ3v) is 5.01. The summed E-state index contributed by atoms with van der Waals surface area (Å²) in [6, 6.07) is 5.94. The number of aromatic amines is 1. The average molecular weight is 379 g/mol. The lowest BCUT2D eigenvalue weighted by Crippen LogP contribution is -2.44. The minimum absolute atomic E-state index is 0.0182. The van der Waals surface area contributed by atoms with Crippen molar-refractivity contribution in [3.05, 3.63) is 36.3 Å². The van der Waals surface area contributed by atoms with E-state index in [0.29, 0.717) is 5.82 Å². The second-order valence-electron chi connectivity index (χ2n) is 6.63. The summed E-state index contributed by atoms with van der Waals surface area (Å²) in [4.78, 5) is 27.7. The zero-order valence-electron chi connectivity index (χ0n) is 15.7. The number of nitrogens with one attached hydrogen (secondary N) is 2. The summed E-state index contributed by atoms with van der Waals surface area (Å²) in [5.41, 5.74) is 3.86. The van der Waals surface area contributed by atoms with Gasteiger partial charge in [-0.25, -0.2) is 15.0 Å². The number of hydrogen-bond acceptors (Lipinski definition) is 7. The number of benzene rings is 1. The molecule has 3 N–H and O–H groups in total. The van der Waals surface area contributed by atoms with E-state index >= 15 is 0 Å². The minimum atomic E-state index is -0.123. The Bertz CT molecular complexity index is 1000. The molecule has 1 atom stereocenters. The molecule has 0 spiro atoms. The Morgan fingerprint density at radius 3 is 2.86 bits per heavy atom. The van der Waals surface area contributed by atoms with Crippen molar-refractivity contribution in [2.75, 3.05) is 23.9 Å². The van der Waals surface area contributed by atoms with Gasteiger partial charge in [0.05, 0.1) is 11.9 Å². The van der Waals surface area contributed by atoms with E-state index in [2.05, 4.69) is 36.4 Å². The maximum absolute atomic E-state index is 12.2. The number of amides is 1. The number of aryl methyl sites for hydroxylation is 1. The van der Waals surface area contributed by atoms with E-state index in [4.69, 9.17) is 10.1 Å². The first kappa shape index (κ1) is 18.1. The van der Waals surface area contributed by atoms with Gasteiger partial charge in [-0.05, 0) is 31.4 Å². The number of carbonyl (C=O) groups excluding carboxylic acids is 1. The molecule has 1 fully saturated rings. The first-order valence-corrected chi connectivity index (χ1v) is 9.07. The van der Waals surface area contributed by atoms with Crippen molar-refractivity contribution < 1.29 is 9.90 Å². The largest absolute Gasteiger partial charge is 0.400 e. The van der Waals surface area contributed by atoms with Gasteiger partial charge in [0.2, 0.25) is 5.91 Å². The first-order chi connectivity index (χ1) is 13.7. The topological polar surface area (TPSA) is 120 Å². The van der Waals surface area contributed by atoms with Crippen LogP contribution < -0.4 is 10.2 Å². The lowest BCUT2D eigenvalue weighted by Gasteiger charge is -2.31. The Balaban J connectivity index is 0.000000932. The molecule has 28 heavy (non-hydrogen) atoms. The molecule has 1 amide bonds. The number of aliphatic hydroxyl groups is 1. The molecular formula is C19H21N7O2. The summed E-state index contributed by atoms with van der Waals surface area (Å²) < 4.78 is 0. The second-order valence-corrected chi connectivity index (χ2v) is 6.63. The number of hydrogen-bond donors (Lipinski definition) is 3. The Labute approximate surface area is 161 Å². The second kappa shape index (κ2) is 7.35. The van der Waals surface area contributed by atoms with Crippen molar-refractivity contribution in [3.8, 4) is 22.6 Å². The normalized spacial score (nSPS) is 17.3. The fraction of sp³-hybridized carbons (Fsp3) is 0.316. The highest BCUT2D eigenvalue weighted by atomic mass is 16.2. The number of fused-ring (bicyclic) bond motifs is 3. The molecule has 144 valence electrons. The molecule has 1 aromatic carbocycles. The zero-order chi connectivity index (χ0) is 19.7. The monoisotopic (exact) mass is 379 g/mol. The molecule has 3 aromatic rings. The van der Waals surface area contributed by atoms with Gasteiger partial charge < -0.3 is 15.3 Å². The lowest BCUT2D eigenvalue weighted by atomic mass is 10.0. The van der Waals surface area contributed by atoms with Crippen LogP contribution in [0.15, 0.2) is 30.7 Å². The molecule has 4 heterocycles. The molecule has 5 rings (SSSR count). The van der Waals surface area contributed by atoms with Gasteiger partial charge in [0.25, 0.3) is 0 Å². The number of carbonyl (C=O) groups is 1. The van der Waals surface area contributed by atoms with E-state index in [1.807, 2.05) is 19.1 Å². The molecule has 0 saturated carbocycles. The number of nitrogens with zero attached hydrogens (tertiary/aromatic N) is 5. The van der Waals surface area contributed by atoms with Gasteiger partial charge in [-0.1, -0.05) is 12.1 Å². The van der Waals surface area contributed by atoms with Crippen LogP contribution in [0, 0.1) is 6.92 Å². The zero-order valence-corrected chi connectivity index (χ0v) is 15.7. The highest BCUT2D eigenvalue weighted by molar-refractivity contribution is 6.02. The third kappa shape index (κ3) is 2.99. The predicted octanol–water partition coefficient (Wildman–Crippen LogP) is 1.77. The van der Waals surface area contributed by atoms with Crippen LogP contribution in [0.25, 0.3) is 22.6 Å². The van der Waals surface area contributed by atoms with Crippen LogP contribution in [0.3, 0.4) is 0 Å². The van der Waals surface area contributed by atoms with E-state index in [1.54, 1.807) is 6.20 Å². The Morgan fingerprint density at radius 1 is 1.25 bits per heavy atom. The number of anilines is 2. The molecular weight excluding hydrogens is 358 g/mol. The molecule has 2 aliphatic rings. The van der Waals surface area contributed by atoms with Crippen LogP contribution in [0.5, 0.6) is 0 Å². The standard InChI is InChI=1S/C18H17N7O.CH4O/c1-10-7-11(15-20-9-21-24-15)4-5-12(10)13-8-19-16-17(22-13)25-6-2-3-14(25)18(26)23-16;1-2/h4-5,7-9,14H,2-3,6H2,1H3,(H,19,23,26)(H,20,21,24);2H,1H3/t14-;/m0./s1. The number of rotatable bonds is 2. The van der Waals surface area contributed by atoms with E-state index < -0.39 is 0 Å². The number of aliphatic hydroxyl groups excluding tert-OH is 1. The van der Waals surface area contributed by atoms with Crippen molar-refractivity contribution in [1.82, 2.24) is 25.1 Å². The van der Waals surface area contributed by atoms with Gasteiger partial charge in [-0.15, -0.1) is 0 Å². The van der Waals surface area contributed by atoms with Gasteiger partial charge in [0.15, 0.2) is 17.5 Å². The van der Waals surface area contributed by atoms with Gasteiger partial charge in [0.1, 0.15) is 12.4 Å². The highest BCUT2D eigenvalue weighted by Crippen LogP contribution is 2.36. The van der Waals surface area contributed by atoms with Gasteiger partial charge in [-0.2, -0.15) is 5.10 Å². The van der Waals surface area contributed by atoms with Gasteiger partial charge in [-0.3, -0.25) is 9.89 Å². The Kier molecular flexibility index (Phi) is 4.74. The molecule has 1 saturated heterocycles. The molecule has 0 unspecified atom stereocenters. The number of aromatic nitrogens is 5. The van der Waals surface area contributed by atoms with Crippen LogP contribution in [-0.4, -0.2) is 55.9 Å². The van der Waals surface area contributed by atoms with Crippen molar-refractivity contribution >= 4 is 17.5 Å². The lowest BCUT2D eigenvalue weighted by molar-refractivity contribution is -0.117. The predicted molar refractivity (Wildman–Crippen MR) is 105 cm³/mol. The van der Waals surface area contributed by atoms with Crippen LogP contribution in [0.2, 0.25) is 0 Å². The maximum atomic E-state index is 12.2. The van der Waals surface area contributed by atoms with Crippen LogP contribution in [0.4, 0.5) is 11.6 Å². The van der Waals surface area contributed by atoms with Crippen LogP contribution in [0.1, 0.15) is 18.4 Å². The average Bonchev–Trinajstić information content (AvgIpc) is 3.42. The summed E-state index contributed by atoms with van der Waals surface area (Å²) in [6.07, 6.45) is 5.07. The van der Waals surface area contributed by atoms with Crippen LogP contribution in [-0.2, 0) is 4.79 Å².